The first-order chi connectivity index (χ1) is 12.3. The molecule has 6 nitrogen and oxygen atoms in total. The largest absolute Gasteiger partial charge is 0.394 e. The van der Waals surface area contributed by atoms with Gasteiger partial charge in [0.2, 0.25) is 5.91 Å². The van der Waals surface area contributed by atoms with Gasteiger partial charge < -0.3 is 10.4 Å². The Labute approximate surface area is 154 Å². The Balaban J connectivity index is 2.28. The highest BCUT2D eigenvalue weighted by Crippen LogP contribution is 2.24. The van der Waals surface area contributed by atoms with E-state index in [0.717, 1.165) is 5.56 Å². The molecular weight excluding hydrogens is 352 g/mol. The van der Waals surface area contributed by atoms with Crippen molar-refractivity contribution in [2.24, 2.45) is 0 Å². The average molecular weight is 376 g/mol. The van der Waals surface area contributed by atoms with Crippen molar-refractivity contribution in [1.29, 1.82) is 0 Å². The van der Waals surface area contributed by atoms with Crippen LogP contribution in [0.15, 0.2) is 59.5 Å². The van der Waals surface area contributed by atoms with Crippen molar-refractivity contribution in [2.75, 3.05) is 17.5 Å². The van der Waals surface area contributed by atoms with Crippen LogP contribution in [0.25, 0.3) is 0 Å². The van der Waals surface area contributed by atoms with Gasteiger partial charge in [-0.15, -0.1) is 0 Å². The van der Waals surface area contributed by atoms with Crippen LogP contribution in [0.4, 0.5) is 5.69 Å². The first-order valence-corrected chi connectivity index (χ1v) is 9.83. The van der Waals surface area contributed by atoms with Gasteiger partial charge in [0.1, 0.15) is 0 Å². The minimum Gasteiger partial charge on any atom is -0.394 e. The van der Waals surface area contributed by atoms with E-state index in [-0.39, 0.29) is 36.4 Å². The minimum absolute atomic E-state index is 0.00424. The van der Waals surface area contributed by atoms with E-state index < -0.39 is 10.0 Å². The molecule has 0 radical (unpaired) electrons. The van der Waals surface area contributed by atoms with Crippen molar-refractivity contribution < 1.29 is 18.3 Å². The Morgan fingerprint density at radius 3 is 2.31 bits per heavy atom. The van der Waals surface area contributed by atoms with Crippen LogP contribution in [0.5, 0.6) is 0 Å². The molecule has 140 valence electrons. The maximum atomic E-state index is 13.1. The second kappa shape index (κ2) is 8.82. The summed E-state index contributed by atoms with van der Waals surface area (Å²) in [5.74, 6) is -0.313. The Morgan fingerprint density at radius 2 is 1.73 bits per heavy atom. The molecule has 0 fully saturated rings. The maximum absolute atomic E-state index is 13.1. The van der Waals surface area contributed by atoms with Crippen LogP contribution < -0.4 is 9.62 Å². The lowest BCUT2D eigenvalue weighted by atomic mass is 10.2. The molecule has 1 atom stereocenters. The molecule has 2 aromatic rings. The molecule has 0 aliphatic heterocycles. The number of aliphatic hydroxyl groups is 1. The smallest absolute Gasteiger partial charge is 0.264 e. The van der Waals surface area contributed by atoms with Gasteiger partial charge in [-0.05, 0) is 38.1 Å². The summed E-state index contributed by atoms with van der Waals surface area (Å²) in [5.41, 5.74) is 1.52. The van der Waals surface area contributed by atoms with E-state index in [9.17, 15) is 13.2 Å². The second-order valence-corrected chi connectivity index (χ2v) is 7.99. The molecule has 1 amide bonds. The fourth-order valence-corrected chi connectivity index (χ4v) is 3.90. The molecule has 0 saturated heterocycles. The third-order valence-corrected chi connectivity index (χ3v) is 5.72. The van der Waals surface area contributed by atoms with Gasteiger partial charge in [0.15, 0.2) is 0 Å². The zero-order valence-corrected chi connectivity index (χ0v) is 15.7. The molecule has 26 heavy (non-hydrogen) atoms. The molecule has 2 aromatic carbocycles. The van der Waals surface area contributed by atoms with Crippen LogP contribution in [0.1, 0.15) is 18.9 Å². The number of nitrogens with one attached hydrogen (secondary N) is 1. The van der Waals surface area contributed by atoms with E-state index >= 15 is 0 Å². The standard InChI is InChI=1S/C19H24N2O4S/c1-15-8-10-17(11-9-15)21(13-12-19(23)20-16(2)14-22)26(24,25)18-6-4-3-5-7-18/h3-11,16,22H,12-14H2,1-2H3,(H,20,23). The molecule has 0 aliphatic rings. The number of amides is 1. The van der Waals surface area contributed by atoms with Gasteiger partial charge in [0.05, 0.1) is 17.2 Å². The van der Waals surface area contributed by atoms with Crippen molar-refractivity contribution in [3.8, 4) is 0 Å². The molecule has 2 N–H and O–H groups in total. The number of aryl methyl sites for hydroxylation is 1. The van der Waals surface area contributed by atoms with Crippen LogP contribution in [0.2, 0.25) is 0 Å². The van der Waals surface area contributed by atoms with Gasteiger partial charge in [0, 0.05) is 19.0 Å². The lowest BCUT2D eigenvalue weighted by Crippen LogP contribution is -2.39. The van der Waals surface area contributed by atoms with Crippen molar-refractivity contribution >= 4 is 21.6 Å². The average Bonchev–Trinajstić information content (AvgIpc) is 2.63. The van der Waals surface area contributed by atoms with E-state index in [1.165, 1.54) is 16.4 Å². The van der Waals surface area contributed by atoms with Gasteiger partial charge >= 0.3 is 0 Å². The Kier molecular flexibility index (Phi) is 6.76. The van der Waals surface area contributed by atoms with Crippen LogP contribution in [-0.2, 0) is 14.8 Å². The third kappa shape index (κ3) is 5.06. The van der Waals surface area contributed by atoms with Gasteiger partial charge in [-0.3, -0.25) is 9.10 Å². The predicted octanol–water partition coefficient (Wildman–Crippen LogP) is 2.08. The number of sulfonamides is 1. The zero-order chi connectivity index (χ0) is 19.2. The lowest BCUT2D eigenvalue weighted by molar-refractivity contribution is -0.121. The number of carbonyl (C=O) groups is 1. The molecule has 7 heteroatoms. The summed E-state index contributed by atoms with van der Waals surface area (Å²) in [4.78, 5) is 12.2. The van der Waals surface area contributed by atoms with Gasteiger partial charge in [-0.2, -0.15) is 0 Å². The fourth-order valence-electron chi connectivity index (χ4n) is 2.41. The number of benzene rings is 2. The molecule has 0 aliphatic carbocycles. The summed E-state index contributed by atoms with van der Waals surface area (Å²) in [5, 5.41) is 11.6. The monoisotopic (exact) mass is 376 g/mol. The van der Waals surface area contributed by atoms with E-state index in [0.29, 0.717) is 5.69 Å². The van der Waals surface area contributed by atoms with Crippen LogP contribution in [0.3, 0.4) is 0 Å². The number of carbonyl (C=O) groups excluding carboxylic acids is 1. The van der Waals surface area contributed by atoms with E-state index in [2.05, 4.69) is 5.32 Å². The van der Waals surface area contributed by atoms with Crippen LogP contribution in [0, 0.1) is 6.92 Å². The van der Waals surface area contributed by atoms with Gasteiger partial charge in [-0.1, -0.05) is 35.9 Å². The highest BCUT2D eigenvalue weighted by Gasteiger charge is 2.25. The maximum Gasteiger partial charge on any atom is 0.264 e. The summed E-state index contributed by atoms with van der Waals surface area (Å²) in [6, 6.07) is 14.9. The summed E-state index contributed by atoms with van der Waals surface area (Å²) in [6.45, 7) is 3.43. The van der Waals surface area contributed by atoms with Crippen LogP contribution >= 0.6 is 0 Å². The minimum atomic E-state index is -3.79. The SMILES string of the molecule is Cc1ccc(N(CCC(=O)NC(C)CO)S(=O)(=O)c2ccccc2)cc1. The molecule has 2 rings (SSSR count). The summed E-state index contributed by atoms with van der Waals surface area (Å²) >= 11 is 0. The molecule has 0 heterocycles. The molecule has 0 bridgehead atoms. The van der Waals surface area contributed by atoms with E-state index in [1.807, 2.05) is 19.1 Å². The second-order valence-electron chi connectivity index (χ2n) is 6.13. The Morgan fingerprint density at radius 1 is 1.12 bits per heavy atom. The van der Waals surface area contributed by atoms with Gasteiger partial charge in [0.25, 0.3) is 10.0 Å². The summed E-state index contributed by atoms with van der Waals surface area (Å²) in [7, 11) is -3.79. The Bertz CT molecular complexity index is 820. The first-order valence-electron chi connectivity index (χ1n) is 8.39. The highest BCUT2D eigenvalue weighted by molar-refractivity contribution is 7.92. The Hall–Kier alpha value is -2.38. The molecule has 1 unspecified atom stereocenters. The molecular formula is C19H24N2O4S. The first kappa shape index (κ1) is 19.9. The third-order valence-electron chi connectivity index (χ3n) is 3.88. The summed E-state index contributed by atoms with van der Waals surface area (Å²) < 4.78 is 27.4. The number of nitrogens with zero attached hydrogens (tertiary/aromatic N) is 1. The summed E-state index contributed by atoms with van der Waals surface area (Å²) in [6.07, 6.45) is -0.00964. The molecule has 0 saturated carbocycles. The fraction of sp³-hybridized carbons (Fsp3) is 0.316. The van der Waals surface area contributed by atoms with Crippen LogP contribution in [-0.4, -0.2) is 38.6 Å². The van der Waals surface area contributed by atoms with Crippen molar-refractivity contribution in [2.45, 2.75) is 31.2 Å². The topological polar surface area (TPSA) is 86.7 Å². The quantitative estimate of drug-likeness (QED) is 0.738. The van der Waals surface area contributed by atoms with E-state index in [4.69, 9.17) is 5.11 Å². The number of anilines is 1. The van der Waals surface area contributed by atoms with E-state index in [1.54, 1.807) is 37.3 Å². The molecule has 0 spiro atoms. The van der Waals surface area contributed by atoms with Crippen molar-refractivity contribution in [3.63, 3.8) is 0 Å². The number of hydrogen-bond acceptors (Lipinski definition) is 4. The molecule has 0 aromatic heterocycles. The highest BCUT2D eigenvalue weighted by atomic mass is 32.2. The van der Waals surface area contributed by atoms with Crippen molar-refractivity contribution in [3.05, 3.63) is 60.2 Å². The number of aliphatic hydroxyl groups excluding tert-OH is 1. The zero-order valence-electron chi connectivity index (χ0n) is 14.9. The van der Waals surface area contributed by atoms with Gasteiger partial charge in [-0.25, -0.2) is 8.42 Å². The number of rotatable bonds is 8. The lowest BCUT2D eigenvalue weighted by Gasteiger charge is -2.25. The number of hydrogen-bond donors (Lipinski definition) is 2. The normalized spacial score (nSPS) is 12.4. The van der Waals surface area contributed by atoms with Crippen molar-refractivity contribution in [1.82, 2.24) is 5.32 Å². The predicted molar refractivity (Wildman–Crippen MR) is 101 cm³/mol.